The van der Waals surface area contributed by atoms with Crippen LogP contribution >= 0.6 is 0 Å². The Bertz CT molecular complexity index is 1160. The molecule has 2 aromatic carbocycles. The molecule has 8 heteroatoms. The first-order valence-corrected chi connectivity index (χ1v) is 13.5. The van der Waals surface area contributed by atoms with Gasteiger partial charge in [-0.05, 0) is 68.0 Å². The van der Waals surface area contributed by atoms with E-state index in [1.165, 1.54) is 0 Å². The zero-order valence-electron chi connectivity index (χ0n) is 19.7. The number of hydrogen-bond donors (Lipinski definition) is 0. The maximum absolute atomic E-state index is 13.7. The van der Waals surface area contributed by atoms with Crippen molar-refractivity contribution in [1.29, 1.82) is 5.26 Å². The average molecular weight is 481 g/mol. The maximum atomic E-state index is 13.7. The molecule has 7 nitrogen and oxygen atoms in total. The second kappa shape index (κ2) is 10.6. The number of carbonyl (C=O) groups is 1. The first-order valence-electron chi connectivity index (χ1n) is 12.0. The number of hydrogen-bond acceptors (Lipinski definition) is 5. The van der Waals surface area contributed by atoms with E-state index in [1.54, 1.807) is 40.5 Å². The molecule has 0 spiro atoms. The Hall–Kier alpha value is -2.89. The van der Waals surface area contributed by atoms with Crippen molar-refractivity contribution in [3.63, 3.8) is 0 Å². The Morgan fingerprint density at radius 1 is 0.941 bits per heavy atom. The highest BCUT2D eigenvalue weighted by Crippen LogP contribution is 2.32. The van der Waals surface area contributed by atoms with E-state index < -0.39 is 10.0 Å². The van der Waals surface area contributed by atoms with Crippen LogP contribution in [0.25, 0.3) is 0 Å². The van der Waals surface area contributed by atoms with E-state index in [1.807, 2.05) is 18.2 Å². The van der Waals surface area contributed by atoms with Crippen LogP contribution in [-0.4, -0.2) is 56.8 Å². The van der Waals surface area contributed by atoms with Crippen LogP contribution in [0.4, 0.5) is 5.69 Å². The molecule has 180 valence electrons. The Kier molecular flexibility index (Phi) is 7.54. The smallest absolute Gasteiger partial charge is 0.253 e. The highest BCUT2D eigenvalue weighted by molar-refractivity contribution is 7.89. The molecule has 2 aliphatic heterocycles. The van der Waals surface area contributed by atoms with Gasteiger partial charge in [0.05, 0.1) is 17.3 Å². The molecule has 0 atom stereocenters. The highest BCUT2D eigenvalue weighted by Gasteiger charge is 2.31. The quantitative estimate of drug-likeness (QED) is 0.624. The number of rotatable bonds is 6. The maximum Gasteiger partial charge on any atom is 0.253 e. The summed E-state index contributed by atoms with van der Waals surface area (Å²) in [6.45, 7) is 3.08. The lowest BCUT2D eigenvalue weighted by Gasteiger charge is -2.33. The van der Waals surface area contributed by atoms with Crippen molar-refractivity contribution in [3.8, 4) is 6.07 Å². The van der Waals surface area contributed by atoms with E-state index in [0.717, 1.165) is 57.2 Å². The average Bonchev–Trinajstić information content (AvgIpc) is 2.89. The number of piperidine rings is 2. The number of nitriles is 1. The van der Waals surface area contributed by atoms with E-state index in [-0.39, 0.29) is 10.8 Å². The van der Waals surface area contributed by atoms with Crippen molar-refractivity contribution in [2.24, 2.45) is 0 Å². The van der Waals surface area contributed by atoms with Gasteiger partial charge in [0.1, 0.15) is 4.90 Å². The molecule has 2 saturated heterocycles. The highest BCUT2D eigenvalue weighted by atomic mass is 32.2. The summed E-state index contributed by atoms with van der Waals surface area (Å²) in [6, 6.07) is 14.3. The molecular formula is C26H32N4O3S. The molecule has 2 aromatic rings. The Balaban J connectivity index is 1.64. The van der Waals surface area contributed by atoms with E-state index >= 15 is 0 Å². The van der Waals surface area contributed by atoms with Crippen LogP contribution in [-0.2, 0) is 16.6 Å². The summed E-state index contributed by atoms with van der Waals surface area (Å²) in [4.78, 5) is 17.2. The van der Waals surface area contributed by atoms with Crippen LogP contribution in [0.2, 0.25) is 0 Å². The number of benzene rings is 2. The van der Waals surface area contributed by atoms with Gasteiger partial charge in [-0.3, -0.25) is 4.79 Å². The van der Waals surface area contributed by atoms with Gasteiger partial charge >= 0.3 is 0 Å². The first-order chi connectivity index (χ1) is 16.4. The number of sulfonamides is 1. The molecule has 2 heterocycles. The first kappa shape index (κ1) is 24.2. The zero-order chi connectivity index (χ0) is 24.1. The molecule has 0 unspecified atom stereocenters. The van der Waals surface area contributed by atoms with Gasteiger partial charge in [-0.15, -0.1) is 0 Å². The van der Waals surface area contributed by atoms with Crippen LogP contribution in [0, 0.1) is 11.3 Å². The fourth-order valence-corrected chi connectivity index (χ4v) is 6.50. The summed E-state index contributed by atoms with van der Waals surface area (Å²) in [5, 5.41) is 8.98. The number of carbonyl (C=O) groups excluding carboxylic acids is 1. The lowest BCUT2D eigenvalue weighted by atomic mass is 10.1. The third kappa shape index (κ3) is 5.26. The van der Waals surface area contributed by atoms with Crippen molar-refractivity contribution in [2.75, 3.05) is 38.1 Å². The normalized spacial score (nSPS) is 17.2. The minimum atomic E-state index is -3.70. The Morgan fingerprint density at radius 3 is 2.18 bits per heavy atom. The molecule has 0 aliphatic carbocycles. The largest absolute Gasteiger partial charge is 0.370 e. The van der Waals surface area contributed by atoms with E-state index in [0.29, 0.717) is 36.4 Å². The molecule has 1 amide bonds. The van der Waals surface area contributed by atoms with Gasteiger partial charge in [-0.2, -0.15) is 9.57 Å². The van der Waals surface area contributed by atoms with E-state index in [4.69, 9.17) is 5.26 Å². The molecule has 0 saturated carbocycles. The predicted octanol–water partition coefficient (Wildman–Crippen LogP) is 4.00. The zero-order valence-corrected chi connectivity index (χ0v) is 20.6. The van der Waals surface area contributed by atoms with Crippen molar-refractivity contribution in [2.45, 2.75) is 50.0 Å². The van der Waals surface area contributed by atoms with Gasteiger partial charge in [0, 0.05) is 45.3 Å². The van der Waals surface area contributed by atoms with Crippen molar-refractivity contribution < 1.29 is 13.2 Å². The summed E-state index contributed by atoms with van der Waals surface area (Å²) in [7, 11) is -1.99. The molecule has 0 N–H and O–H groups in total. The Labute approximate surface area is 202 Å². The second-order valence-corrected chi connectivity index (χ2v) is 11.1. The van der Waals surface area contributed by atoms with Gasteiger partial charge in [0.15, 0.2) is 0 Å². The fourth-order valence-electron chi connectivity index (χ4n) is 4.74. The van der Waals surface area contributed by atoms with Crippen molar-refractivity contribution >= 4 is 21.6 Å². The monoisotopic (exact) mass is 480 g/mol. The summed E-state index contributed by atoms with van der Waals surface area (Å²) in [5.74, 6) is -0.232. The lowest BCUT2D eigenvalue weighted by molar-refractivity contribution is 0.0785. The third-order valence-electron chi connectivity index (χ3n) is 6.69. The standard InChI is InChI=1S/C26H32N4O3S/c1-28(20-22-10-8-21(19-27)9-11-22)26(31)23-12-13-24(29-14-4-2-5-15-29)25(18-23)34(32,33)30-16-6-3-7-17-30/h8-13,18H,2-7,14-17,20H2,1H3. The van der Waals surface area contributed by atoms with Gasteiger partial charge < -0.3 is 9.80 Å². The van der Waals surface area contributed by atoms with Crippen molar-refractivity contribution in [1.82, 2.24) is 9.21 Å². The summed E-state index contributed by atoms with van der Waals surface area (Å²) >= 11 is 0. The van der Waals surface area contributed by atoms with Crippen molar-refractivity contribution in [3.05, 3.63) is 59.2 Å². The summed E-state index contributed by atoms with van der Waals surface area (Å²) < 4.78 is 29.0. The lowest BCUT2D eigenvalue weighted by Crippen LogP contribution is -2.38. The minimum Gasteiger partial charge on any atom is -0.370 e. The SMILES string of the molecule is CN(Cc1ccc(C#N)cc1)C(=O)c1ccc(N2CCCCC2)c(S(=O)(=O)N2CCCCC2)c1. The predicted molar refractivity (Wildman–Crippen MR) is 132 cm³/mol. The van der Waals surface area contributed by atoms with E-state index in [2.05, 4.69) is 11.0 Å². The van der Waals surface area contributed by atoms with Gasteiger partial charge in [0.2, 0.25) is 10.0 Å². The molecule has 4 rings (SSSR count). The number of anilines is 1. The van der Waals surface area contributed by atoms with Gasteiger partial charge in [-0.25, -0.2) is 8.42 Å². The van der Waals surface area contributed by atoms with E-state index in [9.17, 15) is 13.2 Å². The molecule has 0 radical (unpaired) electrons. The van der Waals surface area contributed by atoms with Crippen LogP contribution in [0.5, 0.6) is 0 Å². The van der Waals surface area contributed by atoms with Gasteiger partial charge in [0.25, 0.3) is 5.91 Å². The Morgan fingerprint density at radius 2 is 1.56 bits per heavy atom. The molecule has 2 aliphatic rings. The van der Waals surface area contributed by atoms with Crippen LogP contribution in [0.1, 0.15) is 60.0 Å². The number of amides is 1. The second-order valence-electron chi connectivity index (χ2n) is 9.16. The van der Waals surface area contributed by atoms with Crippen LogP contribution < -0.4 is 4.90 Å². The molecule has 0 aromatic heterocycles. The number of nitrogens with zero attached hydrogens (tertiary/aromatic N) is 4. The minimum absolute atomic E-state index is 0.232. The fraction of sp³-hybridized carbons (Fsp3) is 0.462. The third-order valence-corrected chi connectivity index (χ3v) is 8.61. The summed E-state index contributed by atoms with van der Waals surface area (Å²) in [5.41, 5.74) is 2.54. The molecule has 0 bridgehead atoms. The molecule has 2 fully saturated rings. The van der Waals surface area contributed by atoms with Gasteiger partial charge in [-0.1, -0.05) is 18.6 Å². The van der Waals surface area contributed by atoms with Crippen LogP contribution in [0.3, 0.4) is 0 Å². The van der Waals surface area contributed by atoms with Crippen LogP contribution in [0.15, 0.2) is 47.4 Å². The topological polar surface area (TPSA) is 84.7 Å². The molecule has 34 heavy (non-hydrogen) atoms. The summed E-state index contributed by atoms with van der Waals surface area (Å²) in [6.07, 6.45) is 6.01. The molecular weight excluding hydrogens is 448 g/mol.